The van der Waals surface area contributed by atoms with Gasteiger partial charge in [-0.1, -0.05) is 6.92 Å². The number of rotatable bonds is 4. The first-order valence-corrected chi connectivity index (χ1v) is 6.28. The third kappa shape index (κ3) is 2.56. The van der Waals surface area contributed by atoms with Gasteiger partial charge in [-0.15, -0.1) is 0 Å². The quantitative estimate of drug-likeness (QED) is 0.785. The number of sulfonamides is 1. The maximum Gasteiger partial charge on any atom is 0.244 e. The highest BCUT2D eigenvalue weighted by Gasteiger charge is 2.20. The summed E-state index contributed by atoms with van der Waals surface area (Å²) in [5.41, 5.74) is 0.242. The second kappa shape index (κ2) is 5.05. The first-order chi connectivity index (χ1) is 7.52. The molecule has 86 valence electrons. The Bertz CT molecular complexity index is 505. The van der Waals surface area contributed by atoms with Crippen LogP contribution in [0.4, 0.5) is 0 Å². The summed E-state index contributed by atoms with van der Waals surface area (Å²) in [5.74, 6) is 0. The van der Waals surface area contributed by atoms with Crippen molar-refractivity contribution in [2.24, 2.45) is 0 Å². The van der Waals surface area contributed by atoms with Gasteiger partial charge in [-0.25, -0.2) is 12.7 Å². The van der Waals surface area contributed by atoms with Crippen molar-refractivity contribution in [1.29, 1.82) is 5.26 Å². The third-order valence-electron chi connectivity index (χ3n) is 2.09. The van der Waals surface area contributed by atoms with E-state index in [-0.39, 0.29) is 10.5 Å². The minimum Gasteiger partial charge on any atom is -0.262 e. The molecular formula is C10H13N3O2S. The van der Waals surface area contributed by atoms with Crippen molar-refractivity contribution in [1.82, 2.24) is 9.29 Å². The van der Waals surface area contributed by atoms with Crippen LogP contribution in [0.2, 0.25) is 0 Å². The Balaban J connectivity index is 3.13. The molecule has 0 saturated heterocycles. The molecule has 1 aromatic heterocycles. The Morgan fingerprint density at radius 1 is 1.50 bits per heavy atom. The zero-order valence-corrected chi connectivity index (χ0v) is 10.0. The van der Waals surface area contributed by atoms with E-state index in [1.165, 1.54) is 29.8 Å². The number of hydrogen-bond acceptors (Lipinski definition) is 4. The van der Waals surface area contributed by atoms with Crippen LogP contribution in [-0.2, 0) is 10.0 Å². The van der Waals surface area contributed by atoms with Crippen LogP contribution in [-0.4, -0.2) is 31.3 Å². The summed E-state index contributed by atoms with van der Waals surface area (Å²) < 4.78 is 25.2. The fourth-order valence-corrected chi connectivity index (χ4v) is 2.49. The molecule has 0 aliphatic heterocycles. The van der Waals surface area contributed by atoms with Crippen LogP contribution in [0.1, 0.15) is 18.9 Å². The standard InChI is InChI=1S/C10H13N3O2S/c1-3-4-13(2)16(14,15)10-5-9(6-11)7-12-8-10/h5,7-8H,3-4H2,1-2H3. The summed E-state index contributed by atoms with van der Waals surface area (Å²) >= 11 is 0. The van der Waals surface area contributed by atoms with Crippen molar-refractivity contribution >= 4 is 10.0 Å². The van der Waals surface area contributed by atoms with Crippen LogP contribution in [0.5, 0.6) is 0 Å². The number of nitriles is 1. The van der Waals surface area contributed by atoms with Crippen molar-refractivity contribution in [3.8, 4) is 6.07 Å². The lowest BCUT2D eigenvalue weighted by atomic mass is 10.3. The number of aromatic nitrogens is 1. The normalized spacial score (nSPS) is 11.4. The topological polar surface area (TPSA) is 74.1 Å². The van der Waals surface area contributed by atoms with Gasteiger partial charge in [0.05, 0.1) is 5.56 Å². The molecule has 0 amide bonds. The predicted molar refractivity (Wildman–Crippen MR) is 59.1 cm³/mol. The maximum absolute atomic E-state index is 12.0. The molecule has 16 heavy (non-hydrogen) atoms. The summed E-state index contributed by atoms with van der Waals surface area (Å²) in [6, 6.07) is 3.19. The highest BCUT2D eigenvalue weighted by Crippen LogP contribution is 2.14. The molecule has 0 atom stereocenters. The Labute approximate surface area is 95.4 Å². The lowest BCUT2D eigenvalue weighted by molar-refractivity contribution is 0.468. The molecule has 0 aliphatic rings. The molecule has 5 nitrogen and oxygen atoms in total. The van der Waals surface area contributed by atoms with E-state index in [9.17, 15) is 8.42 Å². The van der Waals surface area contributed by atoms with Crippen LogP contribution in [0, 0.1) is 11.3 Å². The van der Waals surface area contributed by atoms with Gasteiger partial charge < -0.3 is 0 Å². The molecule has 0 aromatic carbocycles. The molecule has 0 N–H and O–H groups in total. The first-order valence-electron chi connectivity index (χ1n) is 4.84. The van der Waals surface area contributed by atoms with Crippen LogP contribution in [0.25, 0.3) is 0 Å². The van der Waals surface area contributed by atoms with E-state index < -0.39 is 10.0 Å². The van der Waals surface area contributed by atoms with Crippen LogP contribution < -0.4 is 0 Å². The van der Waals surface area contributed by atoms with Crippen LogP contribution >= 0.6 is 0 Å². The van der Waals surface area contributed by atoms with Crippen molar-refractivity contribution in [2.75, 3.05) is 13.6 Å². The van der Waals surface area contributed by atoms with Crippen LogP contribution in [0.3, 0.4) is 0 Å². The Hall–Kier alpha value is -1.45. The van der Waals surface area contributed by atoms with Crippen molar-refractivity contribution in [3.63, 3.8) is 0 Å². The van der Waals surface area contributed by atoms with Gasteiger partial charge in [0.2, 0.25) is 10.0 Å². The van der Waals surface area contributed by atoms with Crippen molar-refractivity contribution in [3.05, 3.63) is 24.0 Å². The first kappa shape index (κ1) is 12.6. The van der Waals surface area contributed by atoms with E-state index in [2.05, 4.69) is 4.98 Å². The monoisotopic (exact) mass is 239 g/mol. The fourth-order valence-electron chi connectivity index (χ4n) is 1.24. The molecule has 1 heterocycles. The molecule has 0 bridgehead atoms. The molecule has 0 fully saturated rings. The molecule has 1 rings (SSSR count). The largest absolute Gasteiger partial charge is 0.262 e. The second-order valence-electron chi connectivity index (χ2n) is 3.35. The van der Waals surface area contributed by atoms with Crippen LogP contribution in [0.15, 0.2) is 23.4 Å². The Morgan fingerprint density at radius 3 is 2.75 bits per heavy atom. The number of pyridine rings is 1. The van der Waals surface area contributed by atoms with E-state index in [0.717, 1.165) is 6.42 Å². The van der Waals surface area contributed by atoms with Gasteiger partial charge in [-0.2, -0.15) is 5.26 Å². The van der Waals surface area contributed by atoms with Crippen molar-refractivity contribution < 1.29 is 8.42 Å². The average molecular weight is 239 g/mol. The average Bonchev–Trinajstić information content (AvgIpc) is 2.29. The van der Waals surface area contributed by atoms with E-state index >= 15 is 0 Å². The number of nitrogens with zero attached hydrogens (tertiary/aromatic N) is 3. The maximum atomic E-state index is 12.0. The van der Waals surface area contributed by atoms with Gasteiger partial charge in [0.1, 0.15) is 11.0 Å². The molecule has 0 aliphatic carbocycles. The molecule has 0 radical (unpaired) electrons. The minimum atomic E-state index is -3.51. The zero-order chi connectivity index (χ0) is 12.2. The molecule has 6 heteroatoms. The molecule has 0 spiro atoms. The highest BCUT2D eigenvalue weighted by atomic mass is 32.2. The van der Waals surface area contributed by atoms with Gasteiger partial charge in [0.15, 0.2) is 0 Å². The third-order valence-corrected chi connectivity index (χ3v) is 3.91. The van der Waals surface area contributed by atoms with Gasteiger partial charge in [-0.05, 0) is 12.5 Å². The van der Waals surface area contributed by atoms with Gasteiger partial charge >= 0.3 is 0 Å². The Morgan fingerprint density at radius 2 is 2.19 bits per heavy atom. The smallest absolute Gasteiger partial charge is 0.244 e. The molecule has 1 aromatic rings. The summed E-state index contributed by atoms with van der Waals surface area (Å²) in [7, 11) is -2.00. The van der Waals surface area contributed by atoms with E-state index in [0.29, 0.717) is 6.54 Å². The lowest BCUT2D eigenvalue weighted by Gasteiger charge is -2.15. The highest BCUT2D eigenvalue weighted by molar-refractivity contribution is 7.89. The molecule has 0 saturated carbocycles. The minimum absolute atomic E-state index is 0.0579. The second-order valence-corrected chi connectivity index (χ2v) is 5.39. The summed E-state index contributed by atoms with van der Waals surface area (Å²) in [6.07, 6.45) is 3.32. The summed E-state index contributed by atoms with van der Waals surface area (Å²) in [5, 5.41) is 8.67. The lowest BCUT2D eigenvalue weighted by Crippen LogP contribution is -2.27. The summed E-state index contributed by atoms with van der Waals surface area (Å²) in [4.78, 5) is 3.79. The van der Waals surface area contributed by atoms with E-state index in [4.69, 9.17) is 5.26 Å². The van der Waals surface area contributed by atoms with Gasteiger partial charge in [0.25, 0.3) is 0 Å². The SMILES string of the molecule is CCCN(C)S(=O)(=O)c1cncc(C#N)c1. The molecule has 0 unspecified atom stereocenters. The van der Waals surface area contributed by atoms with E-state index in [1.807, 2.05) is 13.0 Å². The molecular weight excluding hydrogens is 226 g/mol. The van der Waals surface area contributed by atoms with Gasteiger partial charge in [-0.3, -0.25) is 4.98 Å². The zero-order valence-electron chi connectivity index (χ0n) is 9.21. The Kier molecular flexibility index (Phi) is 3.99. The van der Waals surface area contributed by atoms with Gasteiger partial charge in [0, 0.05) is 26.0 Å². The predicted octanol–water partition coefficient (Wildman–Crippen LogP) is 0.984. The summed E-state index contributed by atoms with van der Waals surface area (Å²) in [6.45, 7) is 2.34. The number of hydrogen-bond donors (Lipinski definition) is 0. The fraction of sp³-hybridized carbons (Fsp3) is 0.400. The van der Waals surface area contributed by atoms with Crippen molar-refractivity contribution in [2.45, 2.75) is 18.2 Å². The van der Waals surface area contributed by atoms with E-state index in [1.54, 1.807) is 0 Å².